The van der Waals surface area contributed by atoms with E-state index in [4.69, 9.17) is 0 Å². The Morgan fingerprint density at radius 3 is 2.12 bits per heavy atom. The monoisotopic (exact) mass is 562 g/mol. The lowest BCUT2D eigenvalue weighted by atomic mass is 9.84. The summed E-state index contributed by atoms with van der Waals surface area (Å²) >= 11 is 0. The van der Waals surface area contributed by atoms with Crippen molar-refractivity contribution in [1.82, 2.24) is 0 Å². The Bertz CT molecular complexity index is 1330. The Morgan fingerprint density at radius 2 is 1.59 bits per heavy atom. The highest BCUT2D eigenvalue weighted by atomic mass is 19.1. The van der Waals surface area contributed by atoms with Crippen molar-refractivity contribution in [2.24, 2.45) is 11.8 Å². The van der Waals surface area contributed by atoms with Crippen molar-refractivity contribution in [3.05, 3.63) is 89.5 Å². The van der Waals surface area contributed by atoms with E-state index in [0.717, 1.165) is 29.2 Å². The number of halogens is 2. The number of anilines is 2. The van der Waals surface area contributed by atoms with Crippen LogP contribution in [-0.4, -0.2) is 33.6 Å². The molecule has 4 rings (SSSR count). The quantitative estimate of drug-likeness (QED) is 0.159. The number of amides is 1. The molecular formula is C34H40F2N2O3. The molecule has 0 heterocycles. The molecule has 0 aromatic heterocycles. The van der Waals surface area contributed by atoms with E-state index in [9.17, 15) is 18.4 Å². The summed E-state index contributed by atoms with van der Waals surface area (Å²) in [4.78, 5) is 26.2. The van der Waals surface area contributed by atoms with Gasteiger partial charge in [-0.25, -0.2) is 13.6 Å². The Balaban J connectivity index is 0.000000496. The van der Waals surface area contributed by atoms with Crippen molar-refractivity contribution < 1.29 is 23.1 Å². The minimum atomic E-state index is -0.596. The molecule has 0 bridgehead atoms. The van der Waals surface area contributed by atoms with Crippen molar-refractivity contribution in [2.45, 2.75) is 46.1 Å². The zero-order valence-electron chi connectivity index (χ0n) is 24.6. The summed E-state index contributed by atoms with van der Waals surface area (Å²) in [5.74, 6) is 0.364. The SMILES string of the molecule is COC(=O)/C=C/c1cc(F)cc(N(C=O)Cc2ccc(-c3ccc(N(C)C)cc3)cc2F)c1.C[C@@H]1CCC[C@H](C)C1. The van der Waals surface area contributed by atoms with Crippen LogP contribution in [0.5, 0.6) is 0 Å². The molecule has 1 aliphatic carbocycles. The molecule has 0 N–H and O–H groups in total. The highest BCUT2D eigenvalue weighted by Gasteiger charge is 2.14. The highest BCUT2D eigenvalue weighted by molar-refractivity contribution is 5.87. The molecule has 1 saturated carbocycles. The molecule has 3 aromatic carbocycles. The van der Waals surface area contributed by atoms with Gasteiger partial charge in [0.1, 0.15) is 11.6 Å². The van der Waals surface area contributed by atoms with Crippen LogP contribution < -0.4 is 9.80 Å². The van der Waals surface area contributed by atoms with Crippen LogP contribution in [0, 0.1) is 23.5 Å². The normalized spacial score (nSPS) is 16.5. The van der Waals surface area contributed by atoms with E-state index in [0.29, 0.717) is 17.5 Å². The van der Waals surface area contributed by atoms with Crippen molar-refractivity contribution >= 4 is 29.8 Å². The first-order valence-electron chi connectivity index (χ1n) is 13.9. The van der Waals surface area contributed by atoms with Gasteiger partial charge in [0.2, 0.25) is 6.41 Å². The third-order valence-electron chi connectivity index (χ3n) is 7.29. The van der Waals surface area contributed by atoms with E-state index in [2.05, 4.69) is 18.6 Å². The maximum atomic E-state index is 14.9. The Morgan fingerprint density at radius 1 is 0.927 bits per heavy atom. The van der Waals surface area contributed by atoms with Gasteiger partial charge in [-0.3, -0.25) is 4.79 Å². The minimum absolute atomic E-state index is 0.0845. The van der Waals surface area contributed by atoms with Gasteiger partial charge in [0.25, 0.3) is 0 Å². The van der Waals surface area contributed by atoms with E-state index < -0.39 is 17.6 Å². The number of nitrogens with zero attached hydrogens (tertiary/aromatic N) is 2. The second-order valence-corrected chi connectivity index (χ2v) is 11.0. The minimum Gasteiger partial charge on any atom is -0.466 e. The van der Waals surface area contributed by atoms with Crippen LogP contribution in [0.15, 0.2) is 66.7 Å². The Labute approximate surface area is 242 Å². The third-order valence-corrected chi connectivity index (χ3v) is 7.29. The lowest BCUT2D eigenvalue weighted by Gasteiger charge is -2.22. The van der Waals surface area contributed by atoms with Gasteiger partial charge < -0.3 is 14.5 Å². The summed E-state index contributed by atoms with van der Waals surface area (Å²) in [6.07, 6.45) is 8.93. The van der Waals surface area contributed by atoms with Crippen molar-refractivity contribution in [2.75, 3.05) is 31.0 Å². The van der Waals surface area contributed by atoms with Gasteiger partial charge in [0, 0.05) is 37.1 Å². The number of hydrogen-bond donors (Lipinski definition) is 0. The zero-order valence-corrected chi connectivity index (χ0v) is 24.6. The van der Waals surface area contributed by atoms with Crippen LogP contribution >= 0.6 is 0 Å². The zero-order chi connectivity index (χ0) is 29.9. The lowest BCUT2D eigenvalue weighted by Crippen LogP contribution is -2.21. The molecule has 7 heteroatoms. The maximum Gasteiger partial charge on any atom is 0.330 e. The second kappa shape index (κ2) is 15.1. The molecule has 2 atom stereocenters. The van der Waals surface area contributed by atoms with Crippen molar-refractivity contribution in [3.8, 4) is 11.1 Å². The molecule has 3 aromatic rings. The molecule has 1 amide bonds. The molecule has 5 nitrogen and oxygen atoms in total. The number of methoxy groups -OCH3 is 1. The Kier molecular flexibility index (Phi) is 11.6. The number of carbonyl (C=O) groups is 2. The summed E-state index contributed by atoms with van der Waals surface area (Å²) in [5.41, 5.74) is 3.49. The largest absolute Gasteiger partial charge is 0.466 e. The van der Waals surface area contributed by atoms with Crippen LogP contribution in [0.25, 0.3) is 17.2 Å². The topological polar surface area (TPSA) is 49.9 Å². The smallest absolute Gasteiger partial charge is 0.330 e. The Hall–Kier alpha value is -4.00. The number of carbonyl (C=O) groups excluding carboxylic acids is 2. The highest BCUT2D eigenvalue weighted by Crippen LogP contribution is 2.28. The first-order chi connectivity index (χ1) is 19.6. The van der Waals surface area contributed by atoms with Crippen molar-refractivity contribution in [1.29, 1.82) is 0 Å². The van der Waals surface area contributed by atoms with E-state index >= 15 is 0 Å². The van der Waals surface area contributed by atoms with Crippen molar-refractivity contribution in [3.63, 3.8) is 0 Å². The van der Waals surface area contributed by atoms with Crippen LogP contribution in [0.4, 0.5) is 20.2 Å². The molecule has 0 unspecified atom stereocenters. The number of esters is 1. The molecule has 1 aliphatic rings. The molecule has 0 spiro atoms. The fourth-order valence-electron chi connectivity index (χ4n) is 5.01. The number of benzene rings is 3. The van der Waals surface area contributed by atoms with Crippen LogP contribution in [-0.2, 0) is 20.9 Å². The van der Waals surface area contributed by atoms with Crippen LogP contribution in [0.2, 0.25) is 0 Å². The van der Waals surface area contributed by atoms with Gasteiger partial charge >= 0.3 is 5.97 Å². The number of hydrogen-bond acceptors (Lipinski definition) is 4. The molecule has 41 heavy (non-hydrogen) atoms. The predicted molar refractivity (Wildman–Crippen MR) is 163 cm³/mol. The summed E-state index contributed by atoms with van der Waals surface area (Å²) < 4.78 is 33.5. The van der Waals surface area contributed by atoms with Crippen LogP contribution in [0.3, 0.4) is 0 Å². The van der Waals surface area contributed by atoms with Crippen LogP contribution in [0.1, 0.15) is 50.7 Å². The molecule has 0 aliphatic heterocycles. The molecule has 1 fully saturated rings. The molecular weight excluding hydrogens is 522 g/mol. The fraction of sp³-hybridized carbons (Fsp3) is 0.353. The number of ether oxygens (including phenoxy) is 1. The van der Waals surface area contributed by atoms with Gasteiger partial charge in [-0.15, -0.1) is 0 Å². The summed E-state index contributed by atoms with van der Waals surface area (Å²) in [5, 5.41) is 0. The summed E-state index contributed by atoms with van der Waals surface area (Å²) in [6, 6.07) is 16.4. The maximum absolute atomic E-state index is 14.9. The van der Waals surface area contributed by atoms with E-state index in [1.807, 2.05) is 43.3 Å². The standard InChI is InChI=1S/C26H24F2N2O3.C8H16/c1-29(2)23-9-7-19(8-10-23)20-5-6-21(25(28)14-20)16-30(17-31)24-13-18(12-22(27)15-24)4-11-26(32)33-3;1-7-4-3-5-8(2)6-7/h4-15,17H,16H2,1-3H3;7-8H,3-6H2,1-2H3/b11-4+;/t;7-,8+. The average molecular weight is 563 g/mol. The van der Waals surface area contributed by atoms with E-state index in [1.165, 1.54) is 68.0 Å². The van der Waals surface area contributed by atoms with Gasteiger partial charge in [0.05, 0.1) is 13.7 Å². The lowest BCUT2D eigenvalue weighted by molar-refractivity contribution is -0.134. The first kappa shape index (κ1) is 31.5. The van der Waals surface area contributed by atoms with E-state index in [-0.39, 0.29) is 17.8 Å². The third kappa shape index (κ3) is 9.55. The fourth-order valence-corrected chi connectivity index (χ4v) is 5.01. The van der Waals surface area contributed by atoms with Gasteiger partial charge in [-0.05, 0) is 77.4 Å². The van der Waals surface area contributed by atoms with Gasteiger partial charge in [-0.2, -0.15) is 0 Å². The predicted octanol–water partition coefficient (Wildman–Crippen LogP) is 7.88. The molecule has 0 radical (unpaired) electrons. The summed E-state index contributed by atoms with van der Waals surface area (Å²) in [6.45, 7) is 4.66. The first-order valence-corrected chi connectivity index (χ1v) is 13.9. The van der Waals surface area contributed by atoms with E-state index in [1.54, 1.807) is 12.1 Å². The molecule has 218 valence electrons. The average Bonchev–Trinajstić information content (AvgIpc) is 2.95. The second-order valence-electron chi connectivity index (χ2n) is 11.0. The van der Waals surface area contributed by atoms with Gasteiger partial charge in [-0.1, -0.05) is 57.4 Å². The summed E-state index contributed by atoms with van der Waals surface area (Å²) in [7, 11) is 5.12. The number of rotatable bonds is 8. The molecule has 0 saturated heterocycles. The van der Waals surface area contributed by atoms with Gasteiger partial charge in [0.15, 0.2) is 0 Å².